The van der Waals surface area contributed by atoms with Crippen LogP contribution in [0.2, 0.25) is 0 Å². The molecule has 7 atom stereocenters. The molecule has 1 spiro atoms. The second-order valence-electron chi connectivity index (χ2n) is 9.02. The van der Waals surface area contributed by atoms with Gasteiger partial charge in [-0.1, -0.05) is 13.3 Å². The van der Waals surface area contributed by atoms with E-state index in [0.29, 0.717) is 18.4 Å². The van der Waals surface area contributed by atoms with E-state index >= 15 is 0 Å². The lowest BCUT2D eigenvalue weighted by molar-refractivity contribution is -0.345. The zero-order valence-corrected chi connectivity index (χ0v) is 15.4. The topological polar surface area (TPSA) is 109 Å². The summed E-state index contributed by atoms with van der Waals surface area (Å²) >= 11 is 0. The molecule has 7 nitrogen and oxygen atoms in total. The molecular weight excluding hydrogens is 352 g/mol. The number of ether oxygens (including phenoxy) is 2. The maximum Gasteiger partial charge on any atom is 0.312 e. The van der Waals surface area contributed by atoms with Crippen molar-refractivity contribution in [3.8, 4) is 0 Å². The molecule has 2 aliphatic heterocycles. The first kappa shape index (κ1) is 17.7. The summed E-state index contributed by atoms with van der Waals surface area (Å²) in [6, 6.07) is 1.69. The Bertz CT molecular complexity index is 762. The van der Waals surface area contributed by atoms with Crippen molar-refractivity contribution in [2.75, 3.05) is 13.2 Å². The third-order valence-electron chi connectivity index (χ3n) is 8.11. The van der Waals surface area contributed by atoms with E-state index in [-0.39, 0.29) is 43.9 Å². The summed E-state index contributed by atoms with van der Waals surface area (Å²) in [6.07, 6.45) is 4.42. The van der Waals surface area contributed by atoms with Crippen LogP contribution in [0.5, 0.6) is 0 Å². The SMILES string of the molecule is C[C@@H]1C[C@@]2(O)OC[C@@]3(O)CCC[C@@H]4[C@]1(C[C@H](O)c1ccoc1)C(=O)OC[C@@]432. The lowest BCUT2D eigenvalue weighted by Crippen LogP contribution is -2.76. The molecule has 0 unspecified atom stereocenters. The smallest absolute Gasteiger partial charge is 0.312 e. The number of esters is 1. The monoisotopic (exact) mass is 378 g/mol. The van der Waals surface area contributed by atoms with Crippen LogP contribution >= 0.6 is 0 Å². The zero-order valence-electron chi connectivity index (χ0n) is 15.4. The van der Waals surface area contributed by atoms with Crippen LogP contribution in [0.4, 0.5) is 0 Å². The van der Waals surface area contributed by atoms with Gasteiger partial charge in [0.1, 0.15) is 12.2 Å². The van der Waals surface area contributed by atoms with E-state index in [9.17, 15) is 20.1 Å². The van der Waals surface area contributed by atoms with Crippen molar-refractivity contribution in [2.24, 2.45) is 22.7 Å². The minimum Gasteiger partial charge on any atom is -0.472 e. The maximum atomic E-state index is 13.2. The summed E-state index contributed by atoms with van der Waals surface area (Å²) in [4.78, 5) is 13.2. The molecule has 4 aliphatic rings. The van der Waals surface area contributed by atoms with E-state index < -0.39 is 28.3 Å². The summed E-state index contributed by atoms with van der Waals surface area (Å²) in [5, 5.41) is 33.7. The molecular formula is C20H26O7. The Kier molecular flexibility index (Phi) is 3.50. The first-order valence-corrected chi connectivity index (χ1v) is 9.75. The third-order valence-corrected chi connectivity index (χ3v) is 8.11. The van der Waals surface area contributed by atoms with Gasteiger partial charge >= 0.3 is 5.97 Å². The highest BCUT2D eigenvalue weighted by Gasteiger charge is 2.82. The zero-order chi connectivity index (χ0) is 19.1. The summed E-state index contributed by atoms with van der Waals surface area (Å²) in [7, 11) is 0. The average Bonchev–Trinajstić information content (AvgIpc) is 3.23. The summed E-state index contributed by atoms with van der Waals surface area (Å²) < 4.78 is 16.5. The molecule has 1 aromatic rings. The van der Waals surface area contributed by atoms with Gasteiger partial charge in [0.25, 0.3) is 0 Å². The second kappa shape index (κ2) is 5.35. The molecule has 0 amide bonds. The van der Waals surface area contributed by atoms with Crippen LogP contribution < -0.4 is 0 Å². The van der Waals surface area contributed by atoms with E-state index in [0.717, 1.165) is 6.42 Å². The van der Waals surface area contributed by atoms with Crippen LogP contribution in [-0.2, 0) is 14.3 Å². The molecule has 2 aliphatic carbocycles. The fraction of sp³-hybridized carbons (Fsp3) is 0.750. The van der Waals surface area contributed by atoms with Gasteiger partial charge in [0.05, 0.1) is 36.1 Å². The lowest BCUT2D eigenvalue weighted by Gasteiger charge is -2.66. The van der Waals surface area contributed by atoms with Crippen LogP contribution in [-0.4, -0.2) is 45.9 Å². The van der Waals surface area contributed by atoms with Crippen molar-refractivity contribution in [1.29, 1.82) is 0 Å². The van der Waals surface area contributed by atoms with Gasteiger partial charge < -0.3 is 29.2 Å². The van der Waals surface area contributed by atoms with Gasteiger partial charge in [-0.15, -0.1) is 0 Å². The number of carbonyl (C=O) groups is 1. The van der Waals surface area contributed by atoms with Crippen molar-refractivity contribution in [3.63, 3.8) is 0 Å². The first-order chi connectivity index (χ1) is 12.8. The molecule has 2 saturated heterocycles. The fourth-order valence-corrected chi connectivity index (χ4v) is 6.81. The molecule has 7 heteroatoms. The van der Waals surface area contributed by atoms with Gasteiger partial charge in [-0.3, -0.25) is 4.79 Å². The highest BCUT2D eigenvalue weighted by Crippen LogP contribution is 2.73. The second-order valence-corrected chi connectivity index (χ2v) is 9.02. The lowest BCUT2D eigenvalue weighted by atomic mass is 9.40. The maximum absolute atomic E-state index is 13.2. The minimum atomic E-state index is -1.52. The van der Waals surface area contributed by atoms with Crippen LogP contribution in [0.25, 0.3) is 0 Å². The summed E-state index contributed by atoms with van der Waals surface area (Å²) in [5.41, 5.74) is -2.64. The van der Waals surface area contributed by atoms with E-state index in [1.54, 1.807) is 6.07 Å². The van der Waals surface area contributed by atoms with Crippen molar-refractivity contribution < 1.29 is 34.0 Å². The van der Waals surface area contributed by atoms with E-state index in [1.165, 1.54) is 12.5 Å². The number of hydrogen-bond acceptors (Lipinski definition) is 7. The molecule has 4 fully saturated rings. The summed E-state index contributed by atoms with van der Waals surface area (Å²) in [6.45, 7) is 1.91. The summed E-state index contributed by atoms with van der Waals surface area (Å²) in [5.74, 6) is -2.44. The number of aliphatic hydroxyl groups is 3. The minimum absolute atomic E-state index is 0.0419. The van der Waals surface area contributed by atoms with Gasteiger partial charge in [0.15, 0.2) is 5.79 Å². The molecule has 148 valence electrons. The Hall–Kier alpha value is -1.41. The van der Waals surface area contributed by atoms with E-state index in [2.05, 4.69) is 0 Å². The predicted octanol–water partition coefficient (Wildman–Crippen LogP) is 1.52. The van der Waals surface area contributed by atoms with Crippen molar-refractivity contribution >= 4 is 5.97 Å². The predicted molar refractivity (Wildman–Crippen MR) is 91.1 cm³/mol. The Balaban J connectivity index is 1.65. The van der Waals surface area contributed by atoms with Crippen LogP contribution in [0.1, 0.15) is 50.7 Å². The molecule has 5 rings (SSSR count). The Morgan fingerprint density at radius 3 is 2.89 bits per heavy atom. The Labute approximate surface area is 157 Å². The van der Waals surface area contributed by atoms with Crippen LogP contribution in [0.3, 0.4) is 0 Å². The van der Waals surface area contributed by atoms with Crippen LogP contribution in [0.15, 0.2) is 23.0 Å². The molecule has 3 N–H and O–H groups in total. The Morgan fingerprint density at radius 2 is 2.15 bits per heavy atom. The Morgan fingerprint density at radius 1 is 1.33 bits per heavy atom. The van der Waals surface area contributed by atoms with Crippen molar-refractivity contribution in [2.45, 2.75) is 56.5 Å². The van der Waals surface area contributed by atoms with Crippen LogP contribution in [0, 0.1) is 22.7 Å². The molecule has 2 saturated carbocycles. The number of carbonyl (C=O) groups excluding carboxylic acids is 1. The standard InChI is InChI=1S/C20H26O7/c1-12-7-20(24)19-11-26-16(22)18(12,8-14(21)13-4-6-25-9-13)15(19)3-2-5-17(19,23)10-27-20/h4,6,9,12,14-15,21,23-24H,2-3,5,7-8,10-11H2,1H3/t12-,14+,15-,17+,18-,19-,20-/m1/s1. The first-order valence-electron chi connectivity index (χ1n) is 9.75. The average molecular weight is 378 g/mol. The highest BCUT2D eigenvalue weighted by atomic mass is 16.6. The van der Waals surface area contributed by atoms with E-state index in [1.807, 2.05) is 6.92 Å². The van der Waals surface area contributed by atoms with E-state index in [4.69, 9.17) is 13.9 Å². The fourth-order valence-electron chi connectivity index (χ4n) is 6.81. The van der Waals surface area contributed by atoms with Gasteiger partial charge in [0.2, 0.25) is 0 Å². The largest absolute Gasteiger partial charge is 0.472 e. The number of furan rings is 1. The third kappa shape index (κ3) is 1.89. The van der Waals surface area contributed by atoms with Crippen molar-refractivity contribution in [1.82, 2.24) is 0 Å². The van der Waals surface area contributed by atoms with Gasteiger partial charge in [-0.25, -0.2) is 0 Å². The molecule has 3 heterocycles. The van der Waals surface area contributed by atoms with Gasteiger partial charge in [-0.05, 0) is 37.2 Å². The number of cyclic esters (lactones) is 1. The molecule has 1 aromatic heterocycles. The normalized spacial score (nSPS) is 49.4. The molecule has 0 radical (unpaired) electrons. The molecule has 0 aromatic carbocycles. The molecule has 27 heavy (non-hydrogen) atoms. The number of aliphatic hydroxyl groups excluding tert-OH is 1. The molecule has 2 bridgehead atoms. The highest BCUT2D eigenvalue weighted by molar-refractivity contribution is 5.80. The number of hydrogen-bond donors (Lipinski definition) is 3. The van der Waals surface area contributed by atoms with Crippen molar-refractivity contribution in [3.05, 3.63) is 24.2 Å². The van der Waals surface area contributed by atoms with Gasteiger partial charge in [0, 0.05) is 12.0 Å². The van der Waals surface area contributed by atoms with Gasteiger partial charge in [-0.2, -0.15) is 0 Å². The quantitative estimate of drug-likeness (QED) is 0.684. The number of rotatable bonds is 3.